The summed E-state index contributed by atoms with van der Waals surface area (Å²) in [5.41, 5.74) is 0.930. The van der Waals surface area contributed by atoms with Crippen LogP contribution >= 0.6 is 0 Å². The number of anilines is 2. The fourth-order valence-corrected chi connectivity index (χ4v) is 4.60. The predicted molar refractivity (Wildman–Crippen MR) is 123 cm³/mol. The van der Waals surface area contributed by atoms with Crippen LogP contribution in [0.1, 0.15) is 49.3 Å². The molecule has 1 saturated carbocycles. The van der Waals surface area contributed by atoms with Gasteiger partial charge >= 0.3 is 0 Å². The molecule has 174 valence electrons. The molecule has 10 heteroatoms. The molecular weight excluding hydrogens is 423 g/mol. The molecule has 0 bridgehead atoms. The average Bonchev–Trinajstić information content (AvgIpc) is 3.38. The van der Waals surface area contributed by atoms with Gasteiger partial charge in [-0.3, -0.25) is 14.1 Å². The SMILES string of the molecule is Cc1cn2cc(NC(=O)c3cnc(N4CC[C@@H](CN(C(C)C)C5CC5)C4)cn3)nc(F)c2n1. The quantitative estimate of drug-likeness (QED) is 0.589. The van der Waals surface area contributed by atoms with Crippen LogP contribution in [-0.2, 0) is 0 Å². The van der Waals surface area contributed by atoms with Gasteiger partial charge in [0.2, 0.25) is 0 Å². The molecule has 1 aliphatic carbocycles. The maximum Gasteiger partial charge on any atom is 0.277 e. The summed E-state index contributed by atoms with van der Waals surface area (Å²) in [6.45, 7) is 9.32. The van der Waals surface area contributed by atoms with Crippen molar-refractivity contribution < 1.29 is 9.18 Å². The number of carbonyl (C=O) groups is 1. The fraction of sp³-hybridized carbons (Fsp3) is 0.522. The first-order valence-electron chi connectivity index (χ1n) is 11.5. The summed E-state index contributed by atoms with van der Waals surface area (Å²) in [7, 11) is 0. The molecular formula is C23H29FN8O. The molecule has 3 aromatic heterocycles. The third-order valence-electron chi connectivity index (χ3n) is 6.39. The molecule has 2 aliphatic rings. The van der Waals surface area contributed by atoms with E-state index in [1.807, 2.05) is 0 Å². The van der Waals surface area contributed by atoms with Gasteiger partial charge in [-0.25, -0.2) is 15.0 Å². The highest BCUT2D eigenvalue weighted by Crippen LogP contribution is 2.31. The summed E-state index contributed by atoms with van der Waals surface area (Å²) in [4.78, 5) is 34.1. The van der Waals surface area contributed by atoms with Gasteiger partial charge in [0, 0.05) is 37.9 Å². The van der Waals surface area contributed by atoms with E-state index in [9.17, 15) is 9.18 Å². The van der Waals surface area contributed by atoms with E-state index in [-0.39, 0.29) is 17.2 Å². The summed E-state index contributed by atoms with van der Waals surface area (Å²) in [5, 5.41) is 2.58. The number of halogens is 1. The molecule has 0 radical (unpaired) electrons. The maximum absolute atomic E-state index is 14.2. The molecule has 4 heterocycles. The van der Waals surface area contributed by atoms with Crippen LogP contribution in [0.15, 0.2) is 24.8 Å². The number of aryl methyl sites for hydroxylation is 1. The van der Waals surface area contributed by atoms with E-state index >= 15 is 0 Å². The Morgan fingerprint density at radius 2 is 2.03 bits per heavy atom. The van der Waals surface area contributed by atoms with Gasteiger partial charge in [-0.2, -0.15) is 9.37 Å². The Balaban J connectivity index is 1.21. The van der Waals surface area contributed by atoms with Crippen molar-refractivity contribution in [3.63, 3.8) is 0 Å². The molecule has 33 heavy (non-hydrogen) atoms. The van der Waals surface area contributed by atoms with Crippen LogP contribution in [0.3, 0.4) is 0 Å². The lowest BCUT2D eigenvalue weighted by Gasteiger charge is -2.29. The first kappa shape index (κ1) is 21.7. The number of hydrogen-bond donors (Lipinski definition) is 1. The number of aromatic nitrogens is 5. The Morgan fingerprint density at radius 1 is 1.21 bits per heavy atom. The van der Waals surface area contributed by atoms with Crippen molar-refractivity contribution in [1.29, 1.82) is 0 Å². The van der Waals surface area contributed by atoms with E-state index in [0.717, 1.165) is 37.9 Å². The number of rotatable bonds is 7. The zero-order valence-electron chi connectivity index (χ0n) is 19.2. The van der Waals surface area contributed by atoms with E-state index < -0.39 is 11.9 Å². The summed E-state index contributed by atoms with van der Waals surface area (Å²) in [6, 6.07) is 1.34. The van der Waals surface area contributed by atoms with E-state index in [1.54, 1.807) is 19.3 Å². The number of nitrogens with zero attached hydrogens (tertiary/aromatic N) is 7. The van der Waals surface area contributed by atoms with Crippen LogP contribution in [0, 0.1) is 18.8 Å². The third kappa shape index (κ3) is 4.66. The Labute approximate surface area is 192 Å². The lowest BCUT2D eigenvalue weighted by molar-refractivity contribution is 0.102. The normalized spacial score (nSPS) is 18.6. The Bertz CT molecular complexity index is 1160. The minimum absolute atomic E-state index is 0.0843. The molecule has 1 aliphatic heterocycles. The number of amides is 1. The molecule has 1 N–H and O–H groups in total. The minimum atomic E-state index is -0.747. The van der Waals surface area contributed by atoms with Gasteiger partial charge in [-0.05, 0) is 46.0 Å². The molecule has 0 unspecified atom stereocenters. The van der Waals surface area contributed by atoms with Crippen molar-refractivity contribution >= 4 is 23.2 Å². The summed E-state index contributed by atoms with van der Waals surface area (Å²) in [5.74, 6) is 0.231. The zero-order valence-corrected chi connectivity index (χ0v) is 19.2. The molecule has 9 nitrogen and oxygen atoms in total. The van der Waals surface area contributed by atoms with Crippen molar-refractivity contribution in [2.75, 3.05) is 29.9 Å². The number of imidazole rings is 1. The van der Waals surface area contributed by atoms with E-state index in [0.29, 0.717) is 17.7 Å². The first-order chi connectivity index (χ1) is 15.9. The second-order valence-corrected chi connectivity index (χ2v) is 9.37. The van der Waals surface area contributed by atoms with Crippen LogP contribution in [0.25, 0.3) is 5.65 Å². The number of carbonyl (C=O) groups excluding carboxylic acids is 1. The second-order valence-electron chi connectivity index (χ2n) is 9.37. The molecule has 1 saturated heterocycles. The number of nitrogens with one attached hydrogen (secondary N) is 1. The molecule has 0 spiro atoms. The molecule has 1 amide bonds. The average molecular weight is 453 g/mol. The van der Waals surface area contributed by atoms with Crippen LogP contribution in [0.2, 0.25) is 0 Å². The van der Waals surface area contributed by atoms with Crippen molar-refractivity contribution in [1.82, 2.24) is 29.2 Å². The highest BCUT2D eigenvalue weighted by Gasteiger charge is 2.34. The van der Waals surface area contributed by atoms with Gasteiger partial charge in [0.15, 0.2) is 11.5 Å². The molecule has 5 rings (SSSR count). The second kappa shape index (κ2) is 8.66. The molecule has 2 fully saturated rings. The summed E-state index contributed by atoms with van der Waals surface area (Å²) >= 11 is 0. The molecule has 3 aromatic rings. The monoisotopic (exact) mass is 452 g/mol. The molecule has 1 atom stereocenters. The van der Waals surface area contributed by atoms with Gasteiger partial charge in [-0.15, -0.1) is 0 Å². The van der Waals surface area contributed by atoms with Crippen molar-refractivity contribution in [2.45, 2.75) is 52.1 Å². The Morgan fingerprint density at radius 3 is 2.73 bits per heavy atom. The van der Waals surface area contributed by atoms with Crippen LogP contribution < -0.4 is 10.2 Å². The highest BCUT2D eigenvalue weighted by molar-refractivity contribution is 6.02. The lowest BCUT2D eigenvalue weighted by atomic mass is 10.1. The maximum atomic E-state index is 14.2. The fourth-order valence-electron chi connectivity index (χ4n) is 4.60. The van der Waals surface area contributed by atoms with Crippen LogP contribution in [-0.4, -0.2) is 66.9 Å². The topological polar surface area (TPSA) is 91.6 Å². The lowest BCUT2D eigenvalue weighted by Crippen LogP contribution is -2.38. The Hall–Kier alpha value is -3.14. The van der Waals surface area contributed by atoms with Gasteiger partial charge < -0.3 is 10.2 Å². The summed E-state index contributed by atoms with van der Waals surface area (Å²) < 4.78 is 15.7. The van der Waals surface area contributed by atoms with E-state index in [2.05, 4.69) is 48.9 Å². The highest BCUT2D eigenvalue weighted by atomic mass is 19.1. The van der Waals surface area contributed by atoms with E-state index in [4.69, 9.17) is 0 Å². The van der Waals surface area contributed by atoms with Crippen LogP contribution in [0.4, 0.5) is 16.0 Å². The Kier molecular flexibility index (Phi) is 5.69. The largest absolute Gasteiger partial charge is 0.355 e. The molecule has 0 aromatic carbocycles. The third-order valence-corrected chi connectivity index (χ3v) is 6.39. The van der Waals surface area contributed by atoms with Crippen LogP contribution in [0.5, 0.6) is 0 Å². The first-order valence-corrected chi connectivity index (χ1v) is 11.5. The van der Waals surface area contributed by atoms with Crippen molar-refractivity contribution in [3.8, 4) is 0 Å². The smallest absolute Gasteiger partial charge is 0.277 e. The zero-order chi connectivity index (χ0) is 23.1. The standard InChI is InChI=1S/C23H29FN8O/c1-14(2)32(17-4-5-17)12-16-6-7-30(11-16)20-9-25-18(8-26-20)23(33)29-19-13-31-10-15(3)27-22(31)21(24)28-19/h8-10,13-14,16-17H,4-7,11-12H2,1-3H3,(H,29,33)/t16-/m1/s1. The van der Waals surface area contributed by atoms with Gasteiger partial charge in [0.25, 0.3) is 11.9 Å². The number of fused-ring (bicyclic) bond motifs is 1. The van der Waals surface area contributed by atoms with Gasteiger partial charge in [0.1, 0.15) is 11.5 Å². The van der Waals surface area contributed by atoms with Gasteiger partial charge in [-0.1, -0.05) is 0 Å². The van der Waals surface area contributed by atoms with E-state index in [1.165, 1.54) is 29.6 Å². The van der Waals surface area contributed by atoms with Crippen molar-refractivity contribution in [2.24, 2.45) is 5.92 Å². The predicted octanol–water partition coefficient (Wildman–Crippen LogP) is 2.92. The van der Waals surface area contributed by atoms with Crippen molar-refractivity contribution in [3.05, 3.63) is 42.1 Å². The number of hydrogen-bond acceptors (Lipinski definition) is 7. The summed E-state index contributed by atoms with van der Waals surface area (Å²) in [6.07, 6.45) is 10.0. The minimum Gasteiger partial charge on any atom is -0.355 e. The van der Waals surface area contributed by atoms with Gasteiger partial charge in [0.05, 0.1) is 24.3 Å².